The van der Waals surface area contributed by atoms with Crippen LogP contribution in [0.4, 0.5) is 4.79 Å². The van der Waals surface area contributed by atoms with Crippen molar-refractivity contribution in [2.24, 2.45) is 5.92 Å². The molecule has 0 saturated carbocycles. The number of amides is 4. The molecule has 0 aromatic heterocycles. The van der Waals surface area contributed by atoms with Gasteiger partial charge >= 0.3 is 0 Å². The molecule has 1 atom stereocenters. The van der Waals surface area contributed by atoms with E-state index >= 15 is 0 Å². The summed E-state index contributed by atoms with van der Waals surface area (Å²) in [5.41, 5.74) is 1.95. The second-order valence-electron chi connectivity index (χ2n) is 9.08. The summed E-state index contributed by atoms with van der Waals surface area (Å²) < 4.78 is 0. The maximum Gasteiger partial charge on any atom is 0.293 e. The third-order valence-electron chi connectivity index (χ3n) is 6.75. The quantitative estimate of drug-likeness (QED) is 0.446. The van der Waals surface area contributed by atoms with E-state index < -0.39 is 0 Å². The maximum absolute atomic E-state index is 13.1. The molecule has 0 N–H and O–H groups in total. The minimum absolute atomic E-state index is 0.108. The zero-order chi connectivity index (χ0) is 26.5. The van der Waals surface area contributed by atoms with E-state index in [-0.39, 0.29) is 35.4 Å². The Morgan fingerprint density at radius 1 is 1.08 bits per heavy atom. The van der Waals surface area contributed by atoms with Crippen LogP contribution >= 0.6 is 23.4 Å². The van der Waals surface area contributed by atoms with Crippen LogP contribution in [0, 0.1) is 5.92 Å². The molecule has 2 aliphatic rings. The molecule has 37 heavy (non-hydrogen) atoms. The van der Waals surface area contributed by atoms with Crippen molar-refractivity contribution in [1.82, 2.24) is 14.7 Å². The van der Waals surface area contributed by atoms with E-state index in [1.54, 1.807) is 53.4 Å². The van der Waals surface area contributed by atoms with E-state index in [9.17, 15) is 19.2 Å². The molecule has 0 radical (unpaired) electrons. The molecule has 0 aliphatic carbocycles. The van der Waals surface area contributed by atoms with Gasteiger partial charge in [0, 0.05) is 36.8 Å². The first-order chi connectivity index (χ1) is 17.8. The van der Waals surface area contributed by atoms with Crippen molar-refractivity contribution in [2.45, 2.75) is 33.2 Å². The molecule has 0 bridgehead atoms. The molecular weight excluding hydrogens is 510 g/mol. The molecule has 1 unspecified atom stereocenters. The van der Waals surface area contributed by atoms with Crippen molar-refractivity contribution in [1.29, 1.82) is 0 Å². The summed E-state index contributed by atoms with van der Waals surface area (Å²) in [5, 5.41) is 0.158. The topological polar surface area (TPSA) is 78.0 Å². The van der Waals surface area contributed by atoms with Gasteiger partial charge in [0.2, 0.25) is 5.91 Å². The van der Waals surface area contributed by atoms with E-state index in [1.807, 2.05) is 24.8 Å². The van der Waals surface area contributed by atoms with Gasteiger partial charge in [0.1, 0.15) is 0 Å². The number of rotatable bonds is 7. The lowest BCUT2D eigenvalue weighted by Crippen LogP contribution is -2.46. The van der Waals surface area contributed by atoms with Crippen LogP contribution in [0.5, 0.6) is 0 Å². The predicted octanol–water partition coefficient (Wildman–Crippen LogP) is 5.30. The van der Waals surface area contributed by atoms with Gasteiger partial charge < -0.3 is 9.80 Å². The molecule has 4 rings (SSSR count). The molecule has 0 spiro atoms. The van der Waals surface area contributed by atoms with Gasteiger partial charge in [-0.3, -0.25) is 24.1 Å². The number of benzene rings is 2. The Balaban J connectivity index is 1.42. The summed E-state index contributed by atoms with van der Waals surface area (Å²) in [6.45, 7) is 6.43. The average Bonchev–Trinajstić information content (AvgIpc) is 3.17. The predicted molar refractivity (Wildman–Crippen MR) is 146 cm³/mol. The van der Waals surface area contributed by atoms with E-state index in [4.69, 9.17) is 11.6 Å². The van der Waals surface area contributed by atoms with Gasteiger partial charge in [-0.25, -0.2) is 0 Å². The first-order valence-electron chi connectivity index (χ1n) is 12.5. The molecule has 9 heteroatoms. The second kappa shape index (κ2) is 12.0. The number of carbonyl (C=O) groups is 4. The van der Waals surface area contributed by atoms with Crippen molar-refractivity contribution in [3.63, 3.8) is 0 Å². The van der Waals surface area contributed by atoms with Crippen LogP contribution in [0.25, 0.3) is 6.08 Å². The molecule has 2 fully saturated rings. The van der Waals surface area contributed by atoms with Crippen LogP contribution in [0.2, 0.25) is 5.02 Å². The number of hydrogen-bond donors (Lipinski definition) is 0. The molecule has 2 aromatic carbocycles. The van der Waals surface area contributed by atoms with Crippen molar-refractivity contribution < 1.29 is 19.2 Å². The lowest BCUT2D eigenvalue weighted by atomic mass is 9.95. The smallest absolute Gasteiger partial charge is 0.293 e. The summed E-state index contributed by atoms with van der Waals surface area (Å²) in [6, 6.07) is 14.1. The Morgan fingerprint density at radius 2 is 1.78 bits per heavy atom. The highest BCUT2D eigenvalue weighted by Crippen LogP contribution is 2.34. The number of likely N-dealkylation sites (tertiary alicyclic amines) is 1. The lowest BCUT2D eigenvalue weighted by Gasteiger charge is -2.34. The molecular formula is C28H30ClN3O4S. The zero-order valence-corrected chi connectivity index (χ0v) is 22.6. The van der Waals surface area contributed by atoms with Gasteiger partial charge in [0.05, 0.1) is 17.4 Å². The fourth-order valence-electron chi connectivity index (χ4n) is 4.65. The molecule has 2 saturated heterocycles. The van der Waals surface area contributed by atoms with E-state index in [0.717, 1.165) is 24.6 Å². The third kappa shape index (κ3) is 6.08. The first kappa shape index (κ1) is 26.9. The lowest BCUT2D eigenvalue weighted by molar-refractivity contribution is -0.136. The number of hydrogen-bond acceptors (Lipinski definition) is 5. The number of thioether (sulfide) groups is 1. The maximum atomic E-state index is 13.1. The number of nitrogens with zero attached hydrogens (tertiary/aromatic N) is 3. The third-order valence-corrected chi connectivity index (χ3v) is 8.02. The molecule has 2 heterocycles. The monoisotopic (exact) mass is 539 g/mol. The highest BCUT2D eigenvalue weighted by molar-refractivity contribution is 8.18. The molecule has 2 aliphatic heterocycles. The SMILES string of the molecule is CCN(CC)C(=O)C1CCCN(C(=O)c2ccc(/C=C3\SC(=O)N(Cc4ccccc4Cl)C3=O)cc2)C1. The minimum Gasteiger partial charge on any atom is -0.343 e. The van der Waals surface area contributed by atoms with Gasteiger partial charge in [-0.15, -0.1) is 0 Å². The summed E-state index contributed by atoms with van der Waals surface area (Å²) in [4.78, 5) is 56.4. The van der Waals surface area contributed by atoms with Crippen LogP contribution in [-0.4, -0.2) is 63.8 Å². The number of carbonyl (C=O) groups excluding carboxylic acids is 4. The molecule has 7 nitrogen and oxygen atoms in total. The minimum atomic E-state index is -0.368. The second-order valence-corrected chi connectivity index (χ2v) is 10.5. The Bertz CT molecular complexity index is 1230. The molecule has 194 valence electrons. The van der Waals surface area contributed by atoms with Crippen molar-refractivity contribution >= 4 is 52.4 Å². The summed E-state index contributed by atoms with van der Waals surface area (Å²) in [6.07, 6.45) is 3.25. The van der Waals surface area contributed by atoms with E-state index in [2.05, 4.69) is 0 Å². The van der Waals surface area contributed by atoms with Crippen molar-refractivity contribution in [3.05, 3.63) is 75.1 Å². The standard InChI is InChI=1S/C28H30ClN3O4S/c1-3-30(4-2)26(34)22-9-7-15-31(17-22)25(33)20-13-11-19(12-14-20)16-24-27(35)32(28(36)37-24)18-21-8-5-6-10-23(21)29/h5-6,8,10-14,16,22H,3-4,7,9,15,17-18H2,1-2H3/b24-16-. The van der Waals surface area contributed by atoms with Gasteiger partial charge in [0.15, 0.2) is 0 Å². The fourth-order valence-corrected chi connectivity index (χ4v) is 5.68. The summed E-state index contributed by atoms with van der Waals surface area (Å²) in [7, 11) is 0. The average molecular weight is 540 g/mol. The number of halogens is 1. The van der Waals surface area contributed by atoms with Gasteiger partial charge in [-0.05, 0) is 73.9 Å². The van der Waals surface area contributed by atoms with E-state index in [0.29, 0.717) is 52.8 Å². The Hall–Kier alpha value is -3.10. The first-order valence-corrected chi connectivity index (χ1v) is 13.7. The molecule has 4 amide bonds. The highest BCUT2D eigenvalue weighted by atomic mass is 35.5. The van der Waals surface area contributed by atoms with Gasteiger partial charge in [-0.2, -0.15) is 0 Å². The fraction of sp³-hybridized carbons (Fsp3) is 0.357. The van der Waals surface area contributed by atoms with Gasteiger partial charge in [0.25, 0.3) is 17.1 Å². The van der Waals surface area contributed by atoms with Gasteiger partial charge in [-0.1, -0.05) is 41.9 Å². The number of piperidine rings is 1. The van der Waals surface area contributed by atoms with Crippen LogP contribution in [0.15, 0.2) is 53.4 Å². The van der Waals surface area contributed by atoms with Crippen LogP contribution in [0.3, 0.4) is 0 Å². The highest BCUT2D eigenvalue weighted by Gasteiger charge is 2.35. The Kier molecular flexibility index (Phi) is 8.71. The summed E-state index contributed by atoms with van der Waals surface area (Å²) >= 11 is 7.08. The van der Waals surface area contributed by atoms with E-state index in [1.165, 1.54) is 4.90 Å². The Morgan fingerprint density at radius 3 is 2.46 bits per heavy atom. The normalized spacial score (nSPS) is 19.0. The summed E-state index contributed by atoms with van der Waals surface area (Å²) in [5.74, 6) is -0.532. The Labute approximate surface area is 226 Å². The molecule has 2 aromatic rings. The van der Waals surface area contributed by atoms with Crippen LogP contribution in [0.1, 0.15) is 48.2 Å². The zero-order valence-electron chi connectivity index (χ0n) is 21.0. The van der Waals surface area contributed by atoms with Crippen LogP contribution in [-0.2, 0) is 16.1 Å². The van der Waals surface area contributed by atoms with Crippen LogP contribution < -0.4 is 0 Å². The van der Waals surface area contributed by atoms with Crippen molar-refractivity contribution in [2.75, 3.05) is 26.2 Å². The number of imide groups is 1. The largest absolute Gasteiger partial charge is 0.343 e. The van der Waals surface area contributed by atoms with Crippen molar-refractivity contribution in [3.8, 4) is 0 Å².